The molecule has 0 N–H and O–H groups in total. The zero-order valence-corrected chi connectivity index (χ0v) is 8.70. The highest BCUT2D eigenvalue weighted by atomic mass is 35.5. The molecule has 3 nitrogen and oxygen atoms in total. The van der Waals surface area contributed by atoms with Gasteiger partial charge in [0.2, 0.25) is 10.6 Å². The van der Waals surface area contributed by atoms with Crippen LogP contribution in [0.2, 0.25) is 0 Å². The van der Waals surface area contributed by atoms with Crippen molar-refractivity contribution < 1.29 is 0 Å². The third kappa shape index (κ3) is 1.89. The smallest absolute Gasteiger partial charge is 0.222 e. The second-order valence-electron chi connectivity index (χ2n) is 2.71. The van der Waals surface area contributed by atoms with E-state index in [-0.39, 0.29) is 5.29 Å². The van der Waals surface area contributed by atoms with E-state index in [1.807, 2.05) is 30.3 Å². The van der Waals surface area contributed by atoms with Crippen LogP contribution in [0.5, 0.6) is 0 Å². The topological polar surface area (TPSA) is 28.0 Å². The molecule has 0 amide bonds. The number of hydrogen-bond donors (Lipinski definition) is 0. The molecule has 0 atom stereocenters. The largest absolute Gasteiger partial charge is 0.296 e. The Morgan fingerprint density at radius 1 is 1.14 bits per heavy atom. The van der Waals surface area contributed by atoms with E-state index in [0.29, 0.717) is 12.0 Å². The molecule has 0 unspecified atom stereocenters. The average molecular weight is 228 g/mol. The van der Waals surface area contributed by atoms with Crippen LogP contribution in [-0.2, 0) is 0 Å². The first-order chi connectivity index (χ1) is 6.77. The standard InChI is InChI=1S/C9H7Cl2N3/c10-8-12-6-14(9(11)13-8)7-4-2-1-3-5-7/h1-5H,6H2. The highest BCUT2D eigenvalue weighted by Crippen LogP contribution is 2.18. The van der Waals surface area contributed by atoms with Crippen molar-refractivity contribution in [2.45, 2.75) is 0 Å². The highest BCUT2D eigenvalue weighted by molar-refractivity contribution is 6.73. The Kier molecular flexibility index (Phi) is 2.70. The first-order valence-corrected chi connectivity index (χ1v) is 4.80. The number of benzene rings is 1. The zero-order chi connectivity index (χ0) is 9.97. The van der Waals surface area contributed by atoms with Crippen molar-refractivity contribution in [1.29, 1.82) is 0 Å². The second kappa shape index (κ2) is 3.98. The van der Waals surface area contributed by atoms with Gasteiger partial charge >= 0.3 is 0 Å². The second-order valence-corrected chi connectivity index (χ2v) is 3.39. The Labute approximate surface area is 91.7 Å². The van der Waals surface area contributed by atoms with Gasteiger partial charge in [-0.3, -0.25) is 4.90 Å². The molecule has 0 aromatic heterocycles. The first kappa shape index (κ1) is 9.49. The molecule has 1 heterocycles. The van der Waals surface area contributed by atoms with E-state index in [1.165, 1.54) is 0 Å². The predicted molar refractivity (Wildman–Crippen MR) is 60.4 cm³/mol. The molecule has 1 aromatic rings. The van der Waals surface area contributed by atoms with E-state index in [0.717, 1.165) is 5.69 Å². The molecule has 0 bridgehead atoms. The number of aliphatic imine (C=N–C) groups is 2. The molecule has 72 valence electrons. The molecule has 0 aliphatic carbocycles. The fourth-order valence-electron chi connectivity index (χ4n) is 1.16. The van der Waals surface area contributed by atoms with Gasteiger partial charge in [0.1, 0.15) is 6.67 Å². The molecule has 0 radical (unpaired) electrons. The van der Waals surface area contributed by atoms with Gasteiger partial charge in [-0.15, -0.1) is 0 Å². The summed E-state index contributed by atoms with van der Waals surface area (Å²) in [5, 5.41) is 0.540. The van der Waals surface area contributed by atoms with Crippen LogP contribution >= 0.6 is 23.2 Å². The number of halogens is 2. The van der Waals surface area contributed by atoms with Gasteiger partial charge in [-0.1, -0.05) is 18.2 Å². The van der Waals surface area contributed by atoms with E-state index >= 15 is 0 Å². The van der Waals surface area contributed by atoms with Gasteiger partial charge in [-0.25, -0.2) is 4.99 Å². The third-order valence-corrected chi connectivity index (χ3v) is 2.31. The maximum Gasteiger partial charge on any atom is 0.222 e. The van der Waals surface area contributed by atoms with Crippen LogP contribution in [-0.4, -0.2) is 17.3 Å². The summed E-state index contributed by atoms with van der Waals surface area (Å²) >= 11 is 11.5. The summed E-state index contributed by atoms with van der Waals surface area (Å²) in [5.74, 6) is 0. The number of anilines is 1. The highest BCUT2D eigenvalue weighted by Gasteiger charge is 2.15. The van der Waals surface area contributed by atoms with Crippen LogP contribution in [0.1, 0.15) is 0 Å². The summed E-state index contributed by atoms with van der Waals surface area (Å²) in [4.78, 5) is 9.61. The molecule has 5 heteroatoms. The normalized spacial score (nSPS) is 16.3. The molecule has 14 heavy (non-hydrogen) atoms. The average Bonchev–Trinajstić information content (AvgIpc) is 2.19. The van der Waals surface area contributed by atoms with Gasteiger partial charge in [0.25, 0.3) is 0 Å². The minimum absolute atomic E-state index is 0.196. The minimum Gasteiger partial charge on any atom is -0.296 e. The van der Waals surface area contributed by atoms with Crippen molar-refractivity contribution in [1.82, 2.24) is 0 Å². The molecule has 1 aliphatic heterocycles. The predicted octanol–water partition coefficient (Wildman–Crippen LogP) is 2.65. The third-order valence-electron chi connectivity index (χ3n) is 1.82. The Bertz CT molecular complexity index is 386. The molecule has 0 saturated carbocycles. The van der Waals surface area contributed by atoms with Crippen LogP contribution in [0, 0.1) is 0 Å². The zero-order valence-electron chi connectivity index (χ0n) is 7.19. The maximum atomic E-state index is 5.92. The lowest BCUT2D eigenvalue weighted by molar-refractivity contribution is 1.00. The SMILES string of the molecule is ClC1=NCN(c2ccccc2)C(Cl)=N1. The monoisotopic (exact) mass is 227 g/mol. The van der Waals surface area contributed by atoms with Crippen molar-refractivity contribution >= 4 is 39.5 Å². The fourth-order valence-corrected chi connectivity index (χ4v) is 1.56. The molecule has 0 saturated heterocycles. The Morgan fingerprint density at radius 3 is 2.50 bits per heavy atom. The number of nitrogens with zero attached hydrogens (tertiary/aromatic N) is 3. The van der Waals surface area contributed by atoms with Crippen molar-refractivity contribution in [2.24, 2.45) is 9.98 Å². The molecule has 1 aromatic carbocycles. The summed E-state index contributed by atoms with van der Waals surface area (Å²) < 4.78 is 0. The van der Waals surface area contributed by atoms with Gasteiger partial charge < -0.3 is 0 Å². The lowest BCUT2D eigenvalue weighted by atomic mass is 10.3. The Morgan fingerprint density at radius 2 is 1.86 bits per heavy atom. The van der Waals surface area contributed by atoms with Crippen LogP contribution in [0.3, 0.4) is 0 Å². The number of para-hydroxylation sites is 1. The Balaban J connectivity index is 2.27. The summed E-state index contributed by atoms with van der Waals surface area (Å²) in [7, 11) is 0. The van der Waals surface area contributed by atoms with Crippen LogP contribution in [0.4, 0.5) is 5.69 Å². The number of rotatable bonds is 1. The Hall–Kier alpha value is -1.06. The fraction of sp³-hybridized carbons (Fsp3) is 0.111. The van der Waals surface area contributed by atoms with Gasteiger partial charge in [0.15, 0.2) is 0 Å². The first-order valence-electron chi connectivity index (χ1n) is 4.04. The molecular formula is C9H7Cl2N3. The molecule has 0 fully saturated rings. The molecular weight excluding hydrogens is 221 g/mol. The quantitative estimate of drug-likeness (QED) is 0.679. The lowest BCUT2D eigenvalue weighted by Crippen LogP contribution is -2.30. The summed E-state index contributed by atoms with van der Waals surface area (Å²) in [6.45, 7) is 0.408. The van der Waals surface area contributed by atoms with Gasteiger partial charge in [0.05, 0.1) is 0 Å². The van der Waals surface area contributed by atoms with Crippen molar-refractivity contribution in [3.63, 3.8) is 0 Å². The molecule has 2 rings (SSSR count). The van der Waals surface area contributed by atoms with E-state index in [1.54, 1.807) is 4.90 Å². The van der Waals surface area contributed by atoms with Crippen molar-refractivity contribution in [3.05, 3.63) is 30.3 Å². The molecule has 1 aliphatic rings. The summed E-state index contributed by atoms with van der Waals surface area (Å²) in [6, 6.07) is 9.67. The van der Waals surface area contributed by atoms with Gasteiger partial charge in [0, 0.05) is 5.69 Å². The summed E-state index contributed by atoms with van der Waals surface area (Å²) in [5.41, 5.74) is 0.953. The van der Waals surface area contributed by atoms with E-state index < -0.39 is 0 Å². The number of hydrogen-bond acceptors (Lipinski definition) is 3. The molecule has 0 spiro atoms. The summed E-state index contributed by atoms with van der Waals surface area (Å²) in [6.07, 6.45) is 0. The van der Waals surface area contributed by atoms with Crippen molar-refractivity contribution in [3.8, 4) is 0 Å². The minimum atomic E-state index is 0.196. The van der Waals surface area contributed by atoms with E-state index in [9.17, 15) is 0 Å². The van der Waals surface area contributed by atoms with Crippen LogP contribution < -0.4 is 4.90 Å². The van der Waals surface area contributed by atoms with E-state index in [4.69, 9.17) is 23.2 Å². The van der Waals surface area contributed by atoms with E-state index in [2.05, 4.69) is 9.98 Å². The lowest BCUT2D eigenvalue weighted by Gasteiger charge is -2.22. The van der Waals surface area contributed by atoms with Gasteiger partial charge in [-0.05, 0) is 35.3 Å². The van der Waals surface area contributed by atoms with Crippen LogP contribution in [0.25, 0.3) is 0 Å². The van der Waals surface area contributed by atoms with Crippen LogP contribution in [0.15, 0.2) is 40.3 Å². The van der Waals surface area contributed by atoms with Crippen molar-refractivity contribution in [2.75, 3.05) is 11.6 Å². The number of amidine groups is 2. The maximum absolute atomic E-state index is 5.92. The van der Waals surface area contributed by atoms with Gasteiger partial charge in [-0.2, -0.15) is 4.99 Å².